The fourth-order valence-corrected chi connectivity index (χ4v) is 0.670. The zero-order chi connectivity index (χ0) is 10.6. The number of aryl methyl sites for hydroxylation is 4. The minimum Gasteiger partial charge on any atom is -0.426 e. The van der Waals surface area contributed by atoms with E-state index in [4.69, 9.17) is 4.42 Å². The van der Waals surface area contributed by atoms with Gasteiger partial charge in [0.15, 0.2) is 0 Å². The highest BCUT2D eigenvalue weighted by Crippen LogP contribution is 1.92. The van der Waals surface area contributed by atoms with E-state index in [2.05, 4.69) is 25.7 Å². The van der Waals surface area contributed by atoms with E-state index < -0.39 is 0 Å². The molecule has 0 aromatic carbocycles. The summed E-state index contributed by atoms with van der Waals surface area (Å²) >= 11 is 0. The molecule has 0 aliphatic rings. The smallest absolute Gasteiger partial charge is 0.213 e. The number of tetrazole rings is 1. The lowest BCUT2D eigenvalue weighted by Gasteiger charge is -1.81. The average Bonchev–Trinajstić information content (AvgIpc) is 2.65. The highest BCUT2D eigenvalue weighted by atomic mass is 16.4. The Labute approximate surface area is 81.1 Å². The van der Waals surface area contributed by atoms with Crippen LogP contribution in [0.15, 0.2) is 4.42 Å². The number of rotatable bonds is 0. The standard InChI is InChI=1S/C4H6N2O.C3H6N4/c1-3-5-6-4(2)7-3;1-3-4-5-6-7(3)2/h2*1-2H3. The van der Waals surface area contributed by atoms with Gasteiger partial charge < -0.3 is 4.42 Å². The van der Waals surface area contributed by atoms with Gasteiger partial charge in [-0.05, 0) is 17.4 Å². The molecule has 0 aliphatic heterocycles. The van der Waals surface area contributed by atoms with E-state index in [1.54, 1.807) is 25.6 Å². The molecule has 0 unspecified atom stereocenters. The van der Waals surface area contributed by atoms with Crippen molar-refractivity contribution in [2.45, 2.75) is 20.8 Å². The molecule has 0 amide bonds. The summed E-state index contributed by atoms with van der Waals surface area (Å²) in [6.45, 7) is 5.38. The molecule has 2 aromatic heterocycles. The van der Waals surface area contributed by atoms with Gasteiger partial charge in [0.2, 0.25) is 11.8 Å². The fraction of sp³-hybridized carbons (Fsp3) is 0.571. The van der Waals surface area contributed by atoms with E-state index in [1.165, 1.54) is 0 Å². The summed E-state index contributed by atoms with van der Waals surface area (Å²) in [6.07, 6.45) is 0. The van der Waals surface area contributed by atoms with Crippen LogP contribution >= 0.6 is 0 Å². The summed E-state index contributed by atoms with van der Waals surface area (Å²) in [5, 5.41) is 17.8. The topological polar surface area (TPSA) is 82.5 Å². The van der Waals surface area contributed by atoms with Gasteiger partial charge in [0.1, 0.15) is 5.82 Å². The van der Waals surface area contributed by atoms with E-state index in [0.29, 0.717) is 11.8 Å². The summed E-state index contributed by atoms with van der Waals surface area (Å²) in [4.78, 5) is 0. The van der Waals surface area contributed by atoms with Crippen LogP contribution in [0.2, 0.25) is 0 Å². The third-order valence-corrected chi connectivity index (χ3v) is 1.46. The first-order valence-corrected chi connectivity index (χ1v) is 4.05. The normalized spacial score (nSPS) is 9.43. The van der Waals surface area contributed by atoms with Crippen molar-refractivity contribution in [3.05, 3.63) is 17.6 Å². The molecule has 76 valence electrons. The quantitative estimate of drug-likeness (QED) is 0.598. The van der Waals surface area contributed by atoms with Gasteiger partial charge in [0.05, 0.1) is 0 Å². The Morgan fingerprint density at radius 3 is 1.71 bits per heavy atom. The van der Waals surface area contributed by atoms with Gasteiger partial charge in [-0.3, -0.25) is 0 Å². The average molecular weight is 196 g/mol. The monoisotopic (exact) mass is 196 g/mol. The molecule has 7 heteroatoms. The van der Waals surface area contributed by atoms with Gasteiger partial charge in [-0.1, -0.05) is 0 Å². The third kappa shape index (κ3) is 2.92. The van der Waals surface area contributed by atoms with Crippen LogP contribution in [-0.4, -0.2) is 30.4 Å². The maximum absolute atomic E-state index is 4.86. The molecular formula is C7H12N6O. The van der Waals surface area contributed by atoms with Crippen LogP contribution in [0.5, 0.6) is 0 Å². The molecule has 14 heavy (non-hydrogen) atoms. The molecule has 0 saturated heterocycles. The highest BCUT2D eigenvalue weighted by Gasteiger charge is 1.89. The highest BCUT2D eigenvalue weighted by molar-refractivity contribution is 4.72. The van der Waals surface area contributed by atoms with Crippen molar-refractivity contribution in [3.8, 4) is 0 Å². The van der Waals surface area contributed by atoms with Crippen LogP contribution in [0, 0.1) is 20.8 Å². The Morgan fingerprint density at radius 1 is 1.00 bits per heavy atom. The van der Waals surface area contributed by atoms with Crippen molar-refractivity contribution in [2.75, 3.05) is 0 Å². The second-order valence-corrected chi connectivity index (χ2v) is 2.69. The fourth-order valence-electron chi connectivity index (χ4n) is 0.670. The first kappa shape index (κ1) is 10.3. The summed E-state index contributed by atoms with van der Waals surface area (Å²) in [5.41, 5.74) is 0. The van der Waals surface area contributed by atoms with Gasteiger partial charge in [-0.15, -0.1) is 15.3 Å². The predicted octanol–water partition coefficient (Wildman–Crippen LogP) is 0.205. The molecule has 0 radical (unpaired) electrons. The SMILES string of the molecule is Cc1nnc(C)o1.Cc1nnnn1C. The van der Waals surface area contributed by atoms with Gasteiger partial charge >= 0.3 is 0 Å². The molecule has 2 rings (SSSR count). The first-order chi connectivity index (χ1) is 6.59. The van der Waals surface area contributed by atoms with Crippen molar-refractivity contribution in [3.63, 3.8) is 0 Å². The molecule has 7 nitrogen and oxygen atoms in total. The Bertz CT molecular complexity index is 359. The lowest BCUT2D eigenvalue weighted by molar-refractivity contribution is 0.489. The zero-order valence-corrected chi connectivity index (χ0v) is 8.59. The van der Waals surface area contributed by atoms with Crippen LogP contribution in [0.25, 0.3) is 0 Å². The summed E-state index contributed by atoms with van der Waals surface area (Å²) in [5.74, 6) is 2.08. The lowest BCUT2D eigenvalue weighted by Crippen LogP contribution is -1.92. The van der Waals surface area contributed by atoms with E-state index in [-0.39, 0.29) is 0 Å². The minimum atomic E-state index is 0.623. The number of aromatic nitrogens is 6. The predicted molar refractivity (Wildman–Crippen MR) is 47.3 cm³/mol. The van der Waals surface area contributed by atoms with Gasteiger partial charge in [0, 0.05) is 20.9 Å². The van der Waals surface area contributed by atoms with Gasteiger partial charge in [-0.2, -0.15) is 0 Å². The Morgan fingerprint density at radius 2 is 1.57 bits per heavy atom. The third-order valence-electron chi connectivity index (χ3n) is 1.46. The molecular weight excluding hydrogens is 184 g/mol. The molecule has 0 bridgehead atoms. The van der Waals surface area contributed by atoms with Crippen LogP contribution in [-0.2, 0) is 7.05 Å². The van der Waals surface area contributed by atoms with Crippen molar-refractivity contribution in [1.82, 2.24) is 30.4 Å². The van der Waals surface area contributed by atoms with Crippen LogP contribution in [0.3, 0.4) is 0 Å². The van der Waals surface area contributed by atoms with E-state index in [0.717, 1.165) is 5.82 Å². The molecule has 2 aromatic rings. The Hall–Kier alpha value is -1.79. The number of hydrogen-bond acceptors (Lipinski definition) is 6. The second-order valence-electron chi connectivity index (χ2n) is 2.69. The second kappa shape index (κ2) is 4.45. The van der Waals surface area contributed by atoms with Crippen molar-refractivity contribution < 1.29 is 4.42 Å². The number of nitrogens with zero attached hydrogens (tertiary/aromatic N) is 6. The maximum atomic E-state index is 4.86. The van der Waals surface area contributed by atoms with Crippen molar-refractivity contribution in [2.24, 2.45) is 7.05 Å². The molecule has 2 heterocycles. The zero-order valence-electron chi connectivity index (χ0n) is 8.59. The minimum absolute atomic E-state index is 0.623. The number of hydrogen-bond donors (Lipinski definition) is 0. The Balaban J connectivity index is 0.000000140. The summed E-state index contributed by atoms with van der Waals surface area (Å²) in [7, 11) is 1.80. The van der Waals surface area contributed by atoms with Gasteiger partial charge in [-0.25, -0.2) is 4.68 Å². The molecule has 0 fully saturated rings. The van der Waals surface area contributed by atoms with Gasteiger partial charge in [0.25, 0.3) is 0 Å². The molecule has 0 atom stereocenters. The van der Waals surface area contributed by atoms with E-state index in [9.17, 15) is 0 Å². The maximum Gasteiger partial charge on any atom is 0.213 e. The summed E-state index contributed by atoms with van der Waals surface area (Å²) < 4.78 is 6.47. The van der Waals surface area contributed by atoms with E-state index in [1.807, 2.05) is 6.92 Å². The summed E-state index contributed by atoms with van der Waals surface area (Å²) in [6, 6.07) is 0. The Kier molecular flexibility index (Phi) is 3.27. The van der Waals surface area contributed by atoms with Crippen LogP contribution in [0.4, 0.5) is 0 Å². The lowest BCUT2D eigenvalue weighted by atomic mass is 10.7. The van der Waals surface area contributed by atoms with Crippen LogP contribution < -0.4 is 0 Å². The molecule has 0 saturated carbocycles. The largest absolute Gasteiger partial charge is 0.426 e. The van der Waals surface area contributed by atoms with E-state index >= 15 is 0 Å². The van der Waals surface area contributed by atoms with Crippen molar-refractivity contribution in [1.29, 1.82) is 0 Å². The van der Waals surface area contributed by atoms with Crippen LogP contribution in [0.1, 0.15) is 17.6 Å². The molecule has 0 N–H and O–H groups in total. The molecule has 0 spiro atoms. The first-order valence-electron chi connectivity index (χ1n) is 4.05. The molecule has 0 aliphatic carbocycles. The van der Waals surface area contributed by atoms with Crippen molar-refractivity contribution >= 4 is 0 Å².